The summed E-state index contributed by atoms with van der Waals surface area (Å²) in [4.78, 5) is 18.7. The Morgan fingerprint density at radius 1 is 1.20 bits per heavy atom. The Bertz CT molecular complexity index is 1190. The number of aromatic nitrogens is 1. The summed E-state index contributed by atoms with van der Waals surface area (Å²) in [6, 6.07) is 14.2. The molecule has 1 atom stereocenters. The summed E-state index contributed by atoms with van der Waals surface area (Å²) in [6.07, 6.45) is 1.45. The number of hydrogen-bond acceptors (Lipinski definition) is 6. The van der Waals surface area contributed by atoms with Gasteiger partial charge in [0.25, 0.3) is 11.9 Å². The van der Waals surface area contributed by atoms with E-state index in [4.69, 9.17) is 9.15 Å². The third-order valence-corrected chi connectivity index (χ3v) is 6.55. The van der Waals surface area contributed by atoms with Crippen molar-refractivity contribution in [3.05, 3.63) is 76.2 Å². The minimum absolute atomic E-state index is 0.207. The van der Waals surface area contributed by atoms with Gasteiger partial charge in [-0.05, 0) is 60.1 Å². The molecule has 1 fully saturated rings. The van der Waals surface area contributed by atoms with E-state index in [0.717, 1.165) is 34.6 Å². The van der Waals surface area contributed by atoms with Crippen molar-refractivity contribution in [3.8, 4) is 5.75 Å². The average Bonchev–Trinajstić information content (AvgIpc) is 3.62. The van der Waals surface area contributed by atoms with E-state index < -0.39 is 6.17 Å². The molecular weight excluding hydrogens is 447 g/mol. The van der Waals surface area contributed by atoms with Crippen molar-refractivity contribution >= 4 is 11.9 Å². The van der Waals surface area contributed by atoms with Crippen LogP contribution in [0.4, 0.5) is 10.4 Å². The third kappa shape index (κ3) is 5.65. The second-order valence-corrected chi connectivity index (χ2v) is 9.43. The normalized spacial score (nSPS) is 17.6. The Kier molecular flexibility index (Phi) is 6.72. The monoisotopic (exact) mass is 478 g/mol. The van der Waals surface area contributed by atoms with Crippen molar-refractivity contribution in [3.63, 3.8) is 0 Å². The maximum Gasteiger partial charge on any atom is 0.295 e. The number of nitrogens with zero attached hydrogens (tertiary/aromatic N) is 2. The van der Waals surface area contributed by atoms with E-state index >= 15 is 0 Å². The van der Waals surface area contributed by atoms with E-state index in [2.05, 4.69) is 20.5 Å². The number of aryl methyl sites for hydroxylation is 1. The maximum atomic E-state index is 15.0. The first-order valence-corrected chi connectivity index (χ1v) is 12.1. The van der Waals surface area contributed by atoms with Gasteiger partial charge in [-0.1, -0.05) is 30.3 Å². The molecule has 0 saturated heterocycles. The van der Waals surface area contributed by atoms with Crippen LogP contribution < -0.4 is 15.4 Å². The Morgan fingerprint density at radius 2 is 1.97 bits per heavy atom. The van der Waals surface area contributed by atoms with Crippen LogP contribution in [0.2, 0.25) is 0 Å². The van der Waals surface area contributed by atoms with Crippen LogP contribution in [0.25, 0.3) is 0 Å². The predicted molar refractivity (Wildman–Crippen MR) is 131 cm³/mol. The van der Waals surface area contributed by atoms with Crippen LogP contribution in [-0.4, -0.2) is 36.0 Å². The molecule has 0 bridgehead atoms. The van der Waals surface area contributed by atoms with Crippen LogP contribution in [0, 0.1) is 12.8 Å². The van der Waals surface area contributed by atoms with Gasteiger partial charge in [0.15, 0.2) is 0 Å². The summed E-state index contributed by atoms with van der Waals surface area (Å²) in [6.45, 7) is 4.58. The number of benzene rings is 2. The van der Waals surface area contributed by atoms with E-state index in [1.54, 1.807) is 14.0 Å². The molecule has 5 rings (SSSR count). The molecule has 7 nitrogen and oxygen atoms in total. The van der Waals surface area contributed by atoms with E-state index in [0.29, 0.717) is 43.8 Å². The summed E-state index contributed by atoms with van der Waals surface area (Å²) in [5.41, 5.74) is 4.39. The molecule has 35 heavy (non-hydrogen) atoms. The number of anilines is 1. The Labute approximate surface area is 204 Å². The number of carbonyl (C=O) groups excluding carboxylic acids is 1. The highest BCUT2D eigenvalue weighted by molar-refractivity contribution is 5.92. The number of carbonyl (C=O) groups is 1. The van der Waals surface area contributed by atoms with Crippen molar-refractivity contribution in [2.75, 3.05) is 25.5 Å². The van der Waals surface area contributed by atoms with Crippen LogP contribution in [0.1, 0.15) is 57.5 Å². The second-order valence-electron chi connectivity index (χ2n) is 9.43. The smallest absolute Gasteiger partial charge is 0.295 e. The van der Waals surface area contributed by atoms with Gasteiger partial charge in [0.05, 0.1) is 12.3 Å². The first-order chi connectivity index (χ1) is 17.0. The first-order valence-electron chi connectivity index (χ1n) is 12.1. The number of hydrogen-bond donors (Lipinski definition) is 2. The largest absolute Gasteiger partial charge is 0.493 e. The second kappa shape index (κ2) is 10.1. The molecule has 2 aromatic carbocycles. The number of rotatable bonds is 9. The molecule has 3 aromatic rings. The molecule has 1 saturated carbocycles. The third-order valence-electron chi connectivity index (χ3n) is 6.55. The van der Waals surface area contributed by atoms with Gasteiger partial charge in [-0.2, -0.15) is 4.98 Å². The number of halogens is 1. The van der Waals surface area contributed by atoms with Gasteiger partial charge in [0.1, 0.15) is 11.9 Å². The van der Waals surface area contributed by atoms with Gasteiger partial charge in [0.2, 0.25) is 5.76 Å². The molecule has 8 heteroatoms. The lowest BCUT2D eigenvalue weighted by Gasteiger charge is -2.31. The van der Waals surface area contributed by atoms with Gasteiger partial charge in [-0.3, -0.25) is 9.69 Å². The lowest BCUT2D eigenvalue weighted by atomic mass is 9.97. The van der Waals surface area contributed by atoms with Gasteiger partial charge >= 0.3 is 0 Å². The summed E-state index contributed by atoms with van der Waals surface area (Å²) in [5, 5.41) is 5.65. The van der Waals surface area contributed by atoms with Crippen molar-refractivity contribution in [1.82, 2.24) is 15.2 Å². The number of ether oxygens (including phenoxy) is 1. The molecule has 1 amide bonds. The Morgan fingerprint density at radius 3 is 2.69 bits per heavy atom. The van der Waals surface area contributed by atoms with Crippen LogP contribution in [0.5, 0.6) is 5.75 Å². The van der Waals surface area contributed by atoms with E-state index in [9.17, 15) is 9.18 Å². The Balaban J connectivity index is 1.14. The number of nitrogens with one attached hydrogen (secondary N) is 2. The number of amides is 1. The quantitative estimate of drug-likeness (QED) is 0.461. The van der Waals surface area contributed by atoms with Crippen molar-refractivity contribution in [2.24, 2.45) is 5.92 Å². The van der Waals surface area contributed by atoms with E-state index in [1.807, 2.05) is 42.5 Å². The number of fused-ring (bicyclic) bond motifs is 1. The van der Waals surface area contributed by atoms with Crippen molar-refractivity contribution in [2.45, 2.75) is 45.6 Å². The van der Waals surface area contributed by atoms with Crippen molar-refractivity contribution in [1.29, 1.82) is 0 Å². The minimum atomic E-state index is -1.03. The fourth-order valence-corrected chi connectivity index (χ4v) is 4.35. The van der Waals surface area contributed by atoms with Gasteiger partial charge in [-0.25, -0.2) is 4.39 Å². The number of oxazole rings is 1. The molecule has 0 spiro atoms. The summed E-state index contributed by atoms with van der Waals surface area (Å²) >= 11 is 0. The summed E-state index contributed by atoms with van der Waals surface area (Å²) in [5.74, 6) is 1.35. The molecule has 2 heterocycles. The van der Waals surface area contributed by atoms with E-state index in [1.165, 1.54) is 12.8 Å². The van der Waals surface area contributed by atoms with Crippen LogP contribution in [0.3, 0.4) is 0 Å². The lowest BCUT2D eigenvalue weighted by Crippen LogP contribution is -2.31. The van der Waals surface area contributed by atoms with Gasteiger partial charge in [0, 0.05) is 33.2 Å². The Hall–Kier alpha value is -3.39. The molecule has 2 N–H and O–H groups in total. The van der Waals surface area contributed by atoms with Crippen LogP contribution in [-0.2, 0) is 19.6 Å². The summed E-state index contributed by atoms with van der Waals surface area (Å²) < 4.78 is 26.2. The topological polar surface area (TPSA) is 79.6 Å². The average molecular weight is 479 g/mol. The highest BCUT2D eigenvalue weighted by atomic mass is 19.1. The molecule has 2 aliphatic rings. The molecule has 1 aliphatic carbocycles. The standard InChI is InChI=1S/C27H31FN4O3/c1-17-25(35-27(29-2)31-17)26(33)30-12-18-3-5-19(6-4-18)13-32-14-21-9-10-22(34-16-20-7-8-20)11-23(21)24(28)15-32/h3-6,9-11,20,24H,7-8,12-16H2,1-2H3,(H,29,31)(H,30,33). The molecule has 1 aromatic heterocycles. The van der Waals surface area contributed by atoms with E-state index in [-0.39, 0.29) is 11.7 Å². The predicted octanol–water partition coefficient (Wildman–Crippen LogP) is 4.77. The minimum Gasteiger partial charge on any atom is -0.493 e. The number of alkyl halides is 1. The molecule has 1 aliphatic heterocycles. The fraction of sp³-hybridized carbons (Fsp3) is 0.407. The van der Waals surface area contributed by atoms with Gasteiger partial charge in [-0.15, -0.1) is 0 Å². The summed E-state index contributed by atoms with van der Waals surface area (Å²) in [7, 11) is 1.69. The molecular formula is C27H31FN4O3. The highest BCUT2D eigenvalue weighted by Crippen LogP contribution is 2.34. The molecule has 0 radical (unpaired) electrons. The molecule has 184 valence electrons. The highest BCUT2D eigenvalue weighted by Gasteiger charge is 2.26. The zero-order valence-electron chi connectivity index (χ0n) is 20.1. The zero-order valence-corrected chi connectivity index (χ0v) is 20.1. The first kappa shape index (κ1) is 23.4. The lowest BCUT2D eigenvalue weighted by molar-refractivity contribution is 0.0923. The maximum absolute atomic E-state index is 15.0. The van der Waals surface area contributed by atoms with Crippen LogP contribution in [0.15, 0.2) is 46.9 Å². The fourth-order valence-electron chi connectivity index (χ4n) is 4.35. The molecule has 1 unspecified atom stereocenters. The van der Waals surface area contributed by atoms with Crippen LogP contribution >= 0.6 is 0 Å². The zero-order chi connectivity index (χ0) is 24.4. The van der Waals surface area contributed by atoms with Crippen molar-refractivity contribution < 1.29 is 18.3 Å². The van der Waals surface area contributed by atoms with Gasteiger partial charge < -0.3 is 19.8 Å². The SMILES string of the molecule is CNc1nc(C)c(C(=O)NCc2ccc(CN3Cc4ccc(OCC5CC5)cc4C(F)C3)cc2)o1.